The van der Waals surface area contributed by atoms with Crippen molar-refractivity contribution in [1.82, 2.24) is 0 Å². The Bertz CT molecular complexity index is 373. The van der Waals surface area contributed by atoms with E-state index in [4.69, 9.17) is 16.9 Å². The second kappa shape index (κ2) is 5.99. The Kier molecular flexibility index (Phi) is 4.93. The smallest absolute Gasteiger partial charge is 0.0648 e. The minimum absolute atomic E-state index is 0.161. The Morgan fingerprint density at radius 1 is 1.60 bits per heavy atom. The predicted molar refractivity (Wildman–Crippen MR) is 67.1 cm³/mol. The zero-order chi connectivity index (χ0) is 11.3. The van der Waals surface area contributed by atoms with Crippen LogP contribution in [0.1, 0.15) is 19.8 Å². The summed E-state index contributed by atoms with van der Waals surface area (Å²) in [6, 6.07) is 7.99. The molecule has 1 unspecified atom stereocenters. The van der Waals surface area contributed by atoms with Gasteiger partial charge in [0.05, 0.1) is 23.2 Å². The van der Waals surface area contributed by atoms with Crippen molar-refractivity contribution < 1.29 is 0 Å². The summed E-state index contributed by atoms with van der Waals surface area (Å²) in [6.07, 6.45) is 1.39. The molecule has 0 aliphatic rings. The molecule has 80 valence electrons. The molecular formula is C11H12BrClN2. The van der Waals surface area contributed by atoms with Crippen LogP contribution < -0.4 is 5.32 Å². The predicted octanol–water partition coefficient (Wildman–Crippen LogP) is 4.21. The standard InChI is InChI=1S/C11H12BrClN2/c1-2-9(5-6-14)15-11-4-3-8(12)7-10(11)13/h3-4,7,9,15H,2,5H2,1H3. The molecule has 1 atom stereocenters. The first-order valence-electron chi connectivity index (χ1n) is 4.76. The number of nitrogens with one attached hydrogen (secondary N) is 1. The van der Waals surface area contributed by atoms with Gasteiger partial charge >= 0.3 is 0 Å². The number of rotatable bonds is 4. The van der Waals surface area contributed by atoms with Crippen LogP contribution >= 0.6 is 27.5 Å². The first kappa shape index (κ1) is 12.4. The zero-order valence-corrected chi connectivity index (χ0v) is 10.8. The Morgan fingerprint density at radius 2 is 2.33 bits per heavy atom. The van der Waals surface area contributed by atoms with Gasteiger partial charge in [-0.15, -0.1) is 0 Å². The van der Waals surface area contributed by atoms with Crippen molar-refractivity contribution in [2.75, 3.05) is 5.32 Å². The highest BCUT2D eigenvalue weighted by molar-refractivity contribution is 9.10. The third-order valence-electron chi connectivity index (χ3n) is 2.12. The number of hydrogen-bond acceptors (Lipinski definition) is 2. The van der Waals surface area contributed by atoms with Crippen LogP contribution in [0.2, 0.25) is 5.02 Å². The third kappa shape index (κ3) is 3.73. The van der Waals surface area contributed by atoms with Crippen molar-refractivity contribution in [3.8, 4) is 6.07 Å². The number of nitrogens with zero attached hydrogens (tertiary/aromatic N) is 1. The molecule has 0 aliphatic heterocycles. The quantitative estimate of drug-likeness (QED) is 0.900. The van der Waals surface area contributed by atoms with Crippen LogP contribution in [-0.2, 0) is 0 Å². The molecule has 1 aromatic rings. The van der Waals surface area contributed by atoms with E-state index >= 15 is 0 Å². The monoisotopic (exact) mass is 286 g/mol. The minimum atomic E-state index is 0.161. The van der Waals surface area contributed by atoms with Gasteiger partial charge in [-0.1, -0.05) is 34.5 Å². The second-order valence-corrected chi connectivity index (χ2v) is 4.56. The highest BCUT2D eigenvalue weighted by Gasteiger charge is 2.07. The highest BCUT2D eigenvalue weighted by atomic mass is 79.9. The fourth-order valence-corrected chi connectivity index (χ4v) is 1.96. The molecule has 0 fully saturated rings. The van der Waals surface area contributed by atoms with E-state index in [1.807, 2.05) is 25.1 Å². The Balaban J connectivity index is 2.75. The van der Waals surface area contributed by atoms with Gasteiger partial charge in [-0.3, -0.25) is 0 Å². The summed E-state index contributed by atoms with van der Waals surface area (Å²) in [5.41, 5.74) is 0.877. The Hall–Kier alpha value is -0.720. The molecule has 0 spiro atoms. The van der Waals surface area contributed by atoms with E-state index in [1.54, 1.807) is 0 Å². The maximum absolute atomic E-state index is 8.63. The number of anilines is 1. The number of nitriles is 1. The van der Waals surface area contributed by atoms with Crippen molar-refractivity contribution in [3.05, 3.63) is 27.7 Å². The van der Waals surface area contributed by atoms with E-state index in [9.17, 15) is 0 Å². The summed E-state index contributed by atoms with van der Waals surface area (Å²) < 4.78 is 0.950. The molecule has 0 saturated heterocycles. The van der Waals surface area contributed by atoms with E-state index in [2.05, 4.69) is 27.3 Å². The van der Waals surface area contributed by atoms with E-state index in [-0.39, 0.29) is 6.04 Å². The number of halogens is 2. The van der Waals surface area contributed by atoms with Gasteiger partial charge in [0.25, 0.3) is 0 Å². The summed E-state index contributed by atoms with van der Waals surface area (Å²) in [6.45, 7) is 2.04. The molecule has 0 bridgehead atoms. The van der Waals surface area contributed by atoms with Crippen LogP contribution in [0, 0.1) is 11.3 Å². The fourth-order valence-electron chi connectivity index (χ4n) is 1.23. The molecular weight excluding hydrogens is 275 g/mol. The molecule has 0 aliphatic carbocycles. The number of benzene rings is 1. The third-order valence-corrected chi connectivity index (χ3v) is 2.93. The SMILES string of the molecule is CCC(CC#N)Nc1ccc(Br)cc1Cl. The summed E-state index contributed by atoms with van der Waals surface area (Å²) in [7, 11) is 0. The molecule has 2 nitrogen and oxygen atoms in total. The minimum Gasteiger partial charge on any atom is -0.380 e. The molecule has 15 heavy (non-hydrogen) atoms. The molecule has 0 amide bonds. The van der Waals surface area contributed by atoms with E-state index < -0.39 is 0 Å². The van der Waals surface area contributed by atoms with Crippen LogP contribution in [0.3, 0.4) is 0 Å². The van der Waals surface area contributed by atoms with Crippen LogP contribution in [-0.4, -0.2) is 6.04 Å². The fraction of sp³-hybridized carbons (Fsp3) is 0.364. The summed E-state index contributed by atoms with van der Waals surface area (Å²) in [5, 5.41) is 12.5. The average Bonchev–Trinajstić information content (AvgIpc) is 2.21. The first-order valence-corrected chi connectivity index (χ1v) is 5.93. The Morgan fingerprint density at radius 3 is 2.87 bits per heavy atom. The normalized spacial score (nSPS) is 11.9. The Labute approximate surface area is 103 Å². The van der Waals surface area contributed by atoms with Crippen LogP contribution in [0.5, 0.6) is 0 Å². The van der Waals surface area contributed by atoms with Crippen LogP contribution in [0.4, 0.5) is 5.69 Å². The zero-order valence-electron chi connectivity index (χ0n) is 8.43. The molecule has 1 rings (SSSR count). The average molecular weight is 288 g/mol. The molecule has 0 heterocycles. The van der Waals surface area contributed by atoms with Crippen molar-refractivity contribution >= 4 is 33.2 Å². The summed E-state index contributed by atoms with van der Waals surface area (Å²) in [4.78, 5) is 0. The summed E-state index contributed by atoms with van der Waals surface area (Å²) >= 11 is 9.40. The summed E-state index contributed by atoms with van der Waals surface area (Å²) in [5.74, 6) is 0. The number of hydrogen-bond donors (Lipinski definition) is 1. The molecule has 0 aromatic heterocycles. The lowest BCUT2D eigenvalue weighted by atomic mass is 10.1. The van der Waals surface area contributed by atoms with Crippen molar-refractivity contribution in [1.29, 1.82) is 5.26 Å². The topological polar surface area (TPSA) is 35.8 Å². The molecule has 4 heteroatoms. The molecule has 0 saturated carbocycles. The van der Waals surface area contributed by atoms with E-state index in [0.29, 0.717) is 11.4 Å². The maximum Gasteiger partial charge on any atom is 0.0648 e. The van der Waals surface area contributed by atoms with Crippen molar-refractivity contribution in [2.45, 2.75) is 25.8 Å². The van der Waals surface area contributed by atoms with Gasteiger partial charge in [-0.25, -0.2) is 0 Å². The van der Waals surface area contributed by atoms with E-state index in [0.717, 1.165) is 16.6 Å². The van der Waals surface area contributed by atoms with Gasteiger partial charge in [-0.2, -0.15) is 5.26 Å². The molecule has 1 N–H and O–H groups in total. The largest absolute Gasteiger partial charge is 0.380 e. The first-order chi connectivity index (χ1) is 7.17. The van der Waals surface area contributed by atoms with Crippen molar-refractivity contribution in [2.24, 2.45) is 0 Å². The lowest BCUT2D eigenvalue weighted by molar-refractivity contribution is 0.711. The maximum atomic E-state index is 8.63. The van der Waals surface area contributed by atoms with Crippen LogP contribution in [0.15, 0.2) is 22.7 Å². The van der Waals surface area contributed by atoms with Gasteiger partial charge in [0.15, 0.2) is 0 Å². The van der Waals surface area contributed by atoms with Gasteiger partial charge in [0, 0.05) is 10.5 Å². The molecule has 1 aromatic carbocycles. The lowest BCUT2D eigenvalue weighted by Gasteiger charge is -2.16. The van der Waals surface area contributed by atoms with Gasteiger partial charge in [0.2, 0.25) is 0 Å². The van der Waals surface area contributed by atoms with Gasteiger partial charge in [0.1, 0.15) is 0 Å². The van der Waals surface area contributed by atoms with Gasteiger partial charge in [-0.05, 0) is 24.6 Å². The van der Waals surface area contributed by atoms with E-state index in [1.165, 1.54) is 0 Å². The lowest BCUT2D eigenvalue weighted by Crippen LogP contribution is -2.17. The second-order valence-electron chi connectivity index (χ2n) is 3.24. The van der Waals surface area contributed by atoms with Gasteiger partial charge < -0.3 is 5.32 Å². The highest BCUT2D eigenvalue weighted by Crippen LogP contribution is 2.26. The molecule has 0 radical (unpaired) electrons. The van der Waals surface area contributed by atoms with Crippen LogP contribution in [0.25, 0.3) is 0 Å². The van der Waals surface area contributed by atoms with Crippen molar-refractivity contribution in [3.63, 3.8) is 0 Å².